The monoisotopic (exact) mass is 494 g/mol. The first-order chi connectivity index (χ1) is 14.9. The zero-order valence-corrected chi connectivity index (χ0v) is 19.1. The summed E-state index contributed by atoms with van der Waals surface area (Å²) in [5.41, 5.74) is -0.686. The molecule has 0 fully saturated rings. The summed E-state index contributed by atoms with van der Waals surface area (Å²) in [6.45, 7) is -0.524. The van der Waals surface area contributed by atoms with E-state index < -0.39 is 39.2 Å². The van der Waals surface area contributed by atoms with Crippen molar-refractivity contribution in [2.24, 2.45) is 0 Å². The third-order valence-electron chi connectivity index (χ3n) is 4.41. The minimum atomic E-state index is -4.78. The molecule has 0 saturated carbocycles. The van der Waals surface area contributed by atoms with Gasteiger partial charge in [0.2, 0.25) is 15.9 Å². The number of methoxy groups -OCH3 is 2. The summed E-state index contributed by atoms with van der Waals surface area (Å²) >= 11 is 5.59. The highest BCUT2D eigenvalue weighted by molar-refractivity contribution is 7.92. The van der Waals surface area contributed by atoms with Gasteiger partial charge in [0.1, 0.15) is 6.54 Å². The molecule has 176 valence electrons. The van der Waals surface area contributed by atoms with Crippen molar-refractivity contribution >= 4 is 33.2 Å². The Labute approximate surface area is 189 Å². The summed E-state index contributed by atoms with van der Waals surface area (Å²) < 4.78 is 74.6. The molecular weight excluding hydrogens is 473 g/mol. The first-order valence-corrected chi connectivity index (χ1v) is 11.4. The number of amides is 1. The molecule has 7 nitrogen and oxygen atoms in total. The van der Waals surface area contributed by atoms with Crippen LogP contribution in [0.2, 0.25) is 5.02 Å². The summed E-state index contributed by atoms with van der Waals surface area (Å²) in [6, 6.07) is 7.87. The molecule has 2 aromatic rings. The maximum atomic E-state index is 13.1. The fourth-order valence-corrected chi connectivity index (χ4v) is 3.93. The Hall–Kier alpha value is -2.66. The van der Waals surface area contributed by atoms with Crippen LogP contribution in [0.5, 0.6) is 11.5 Å². The van der Waals surface area contributed by atoms with E-state index in [0.29, 0.717) is 28.3 Å². The molecule has 0 aliphatic heterocycles. The van der Waals surface area contributed by atoms with Crippen molar-refractivity contribution in [1.82, 2.24) is 5.32 Å². The molecule has 0 bridgehead atoms. The fourth-order valence-electron chi connectivity index (χ4n) is 2.85. The SMILES string of the molecule is COc1ccc(CCNC(=O)CN(c2ccc(Cl)c(C(F)(F)F)c2)S(C)(=O)=O)cc1OC. The van der Waals surface area contributed by atoms with E-state index in [4.69, 9.17) is 21.1 Å². The van der Waals surface area contributed by atoms with Gasteiger partial charge in [0.05, 0.1) is 36.7 Å². The number of nitrogens with zero attached hydrogens (tertiary/aromatic N) is 1. The van der Waals surface area contributed by atoms with Gasteiger partial charge >= 0.3 is 6.18 Å². The number of carbonyl (C=O) groups excluding carboxylic acids is 1. The van der Waals surface area contributed by atoms with Crippen molar-refractivity contribution < 1.29 is 35.9 Å². The minimum Gasteiger partial charge on any atom is -0.493 e. The zero-order chi connectivity index (χ0) is 24.1. The normalized spacial score (nSPS) is 11.7. The van der Waals surface area contributed by atoms with Gasteiger partial charge < -0.3 is 14.8 Å². The molecule has 0 aromatic heterocycles. The second kappa shape index (κ2) is 10.3. The largest absolute Gasteiger partial charge is 0.493 e. The maximum Gasteiger partial charge on any atom is 0.417 e. The van der Waals surface area contributed by atoms with Crippen LogP contribution in [-0.2, 0) is 27.4 Å². The van der Waals surface area contributed by atoms with Gasteiger partial charge in [-0.15, -0.1) is 0 Å². The average molecular weight is 495 g/mol. The van der Waals surface area contributed by atoms with E-state index in [1.54, 1.807) is 18.2 Å². The van der Waals surface area contributed by atoms with Crippen LogP contribution in [-0.4, -0.2) is 47.9 Å². The smallest absolute Gasteiger partial charge is 0.417 e. The third kappa shape index (κ3) is 6.67. The highest BCUT2D eigenvalue weighted by Gasteiger charge is 2.34. The van der Waals surface area contributed by atoms with Crippen LogP contribution < -0.4 is 19.1 Å². The molecule has 0 aliphatic rings. The molecule has 2 rings (SSSR count). The standard InChI is InChI=1S/C20H22ClF3N2O5S/c1-30-17-7-4-13(10-18(17)31-2)8-9-25-19(27)12-26(32(3,28)29)14-5-6-16(21)15(11-14)20(22,23)24/h4-7,10-11H,8-9,12H2,1-3H3,(H,25,27). The van der Waals surface area contributed by atoms with E-state index in [1.807, 2.05) is 0 Å². The number of hydrogen-bond acceptors (Lipinski definition) is 5. The Bertz CT molecular complexity index is 1080. The summed E-state index contributed by atoms with van der Waals surface area (Å²) in [4.78, 5) is 12.3. The molecule has 32 heavy (non-hydrogen) atoms. The van der Waals surface area contributed by atoms with Crippen LogP contribution in [0, 0.1) is 0 Å². The number of anilines is 1. The quantitative estimate of drug-likeness (QED) is 0.577. The van der Waals surface area contributed by atoms with E-state index in [-0.39, 0.29) is 12.2 Å². The highest BCUT2D eigenvalue weighted by Crippen LogP contribution is 2.37. The molecule has 1 amide bonds. The van der Waals surface area contributed by atoms with Gasteiger partial charge in [-0.25, -0.2) is 8.42 Å². The Morgan fingerprint density at radius 1 is 1.09 bits per heavy atom. The van der Waals surface area contributed by atoms with Crippen molar-refractivity contribution in [3.8, 4) is 11.5 Å². The zero-order valence-electron chi connectivity index (χ0n) is 17.5. The number of carbonyl (C=O) groups is 1. The number of rotatable bonds is 9. The second-order valence-electron chi connectivity index (χ2n) is 6.72. The molecule has 0 saturated heterocycles. The van der Waals surface area contributed by atoms with Gasteiger partial charge in [-0.05, 0) is 42.3 Å². The predicted octanol–water partition coefficient (Wildman–Crippen LogP) is 3.50. The number of nitrogens with one attached hydrogen (secondary N) is 1. The molecule has 0 atom stereocenters. The van der Waals surface area contributed by atoms with E-state index in [2.05, 4.69) is 5.32 Å². The topological polar surface area (TPSA) is 84.9 Å². The molecule has 0 radical (unpaired) electrons. The second-order valence-corrected chi connectivity index (χ2v) is 9.03. The van der Waals surface area contributed by atoms with Gasteiger partial charge in [-0.1, -0.05) is 17.7 Å². The Balaban J connectivity index is 2.10. The highest BCUT2D eigenvalue weighted by atomic mass is 35.5. The molecular formula is C20H22ClF3N2O5S. The van der Waals surface area contributed by atoms with Gasteiger partial charge in [0, 0.05) is 6.54 Å². The number of alkyl halides is 3. The van der Waals surface area contributed by atoms with Crippen molar-refractivity contribution in [2.75, 3.05) is 37.9 Å². The first kappa shape index (κ1) is 25.6. The van der Waals surface area contributed by atoms with Gasteiger partial charge in [-0.2, -0.15) is 13.2 Å². The minimum absolute atomic E-state index is 0.167. The lowest BCUT2D eigenvalue weighted by Crippen LogP contribution is -2.41. The van der Waals surface area contributed by atoms with E-state index in [0.717, 1.165) is 24.0 Å². The van der Waals surface area contributed by atoms with Crippen molar-refractivity contribution in [3.63, 3.8) is 0 Å². The summed E-state index contributed by atoms with van der Waals surface area (Å²) in [5, 5.41) is 1.99. The molecule has 0 aliphatic carbocycles. The molecule has 0 spiro atoms. The number of halogens is 4. The summed E-state index contributed by atoms with van der Waals surface area (Å²) in [7, 11) is -1.06. The number of benzene rings is 2. The lowest BCUT2D eigenvalue weighted by molar-refractivity contribution is -0.137. The number of ether oxygens (including phenoxy) is 2. The molecule has 0 heterocycles. The van der Waals surface area contributed by atoms with Crippen LogP contribution in [0.3, 0.4) is 0 Å². The fraction of sp³-hybridized carbons (Fsp3) is 0.350. The number of sulfonamides is 1. The molecule has 12 heteroatoms. The Morgan fingerprint density at radius 2 is 1.75 bits per heavy atom. The summed E-state index contributed by atoms with van der Waals surface area (Å²) in [5.74, 6) is 0.382. The van der Waals surface area contributed by atoms with Gasteiger partial charge in [0.25, 0.3) is 0 Å². The van der Waals surface area contributed by atoms with Crippen LogP contribution in [0.25, 0.3) is 0 Å². The molecule has 2 aromatic carbocycles. The lowest BCUT2D eigenvalue weighted by atomic mass is 10.1. The Kier molecular flexibility index (Phi) is 8.24. The molecule has 0 unspecified atom stereocenters. The average Bonchev–Trinajstić information content (AvgIpc) is 2.70. The lowest BCUT2D eigenvalue weighted by Gasteiger charge is -2.23. The maximum absolute atomic E-state index is 13.1. The van der Waals surface area contributed by atoms with Crippen LogP contribution in [0.15, 0.2) is 36.4 Å². The first-order valence-electron chi connectivity index (χ1n) is 9.19. The van der Waals surface area contributed by atoms with Gasteiger partial charge in [-0.3, -0.25) is 9.10 Å². The number of hydrogen-bond donors (Lipinski definition) is 1. The van der Waals surface area contributed by atoms with Crippen molar-refractivity contribution in [2.45, 2.75) is 12.6 Å². The van der Waals surface area contributed by atoms with E-state index >= 15 is 0 Å². The third-order valence-corrected chi connectivity index (χ3v) is 5.88. The van der Waals surface area contributed by atoms with Gasteiger partial charge in [0.15, 0.2) is 11.5 Å². The molecule has 1 N–H and O–H groups in total. The Morgan fingerprint density at radius 3 is 2.31 bits per heavy atom. The van der Waals surface area contributed by atoms with E-state index in [1.165, 1.54) is 14.2 Å². The van der Waals surface area contributed by atoms with Crippen LogP contribution in [0.4, 0.5) is 18.9 Å². The van der Waals surface area contributed by atoms with E-state index in [9.17, 15) is 26.4 Å². The van der Waals surface area contributed by atoms with Crippen molar-refractivity contribution in [1.29, 1.82) is 0 Å². The van der Waals surface area contributed by atoms with Crippen LogP contribution in [0.1, 0.15) is 11.1 Å². The summed E-state index contributed by atoms with van der Waals surface area (Å²) in [6.07, 6.45) is -3.58. The van der Waals surface area contributed by atoms with Crippen LogP contribution >= 0.6 is 11.6 Å². The van der Waals surface area contributed by atoms with Crippen molar-refractivity contribution in [3.05, 3.63) is 52.5 Å². The predicted molar refractivity (Wildman–Crippen MR) is 115 cm³/mol.